The lowest BCUT2D eigenvalue weighted by molar-refractivity contribution is -0.118. The molecule has 3 rings (SSSR count). The van der Waals surface area contributed by atoms with Gasteiger partial charge in [0.15, 0.2) is 0 Å². The number of fused-ring (bicyclic) bond motifs is 1. The molecule has 2 aromatic carbocycles. The monoisotopic (exact) mass is 429 g/mol. The van der Waals surface area contributed by atoms with E-state index in [9.17, 15) is 18.0 Å². The van der Waals surface area contributed by atoms with E-state index in [1.54, 1.807) is 35.2 Å². The number of rotatable bonds is 7. The Morgan fingerprint density at radius 3 is 2.40 bits per heavy atom. The van der Waals surface area contributed by atoms with Gasteiger partial charge >= 0.3 is 0 Å². The number of aryl methyl sites for hydroxylation is 1. The van der Waals surface area contributed by atoms with Crippen LogP contribution in [0.5, 0.6) is 0 Å². The predicted molar refractivity (Wildman–Crippen MR) is 118 cm³/mol. The highest BCUT2D eigenvalue weighted by Gasteiger charge is 2.22. The van der Waals surface area contributed by atoms with Crippen LogP contribution in [0.15, 0.2) is 47.4 Å². The highest BCUT2D eigenvalue weighted by atomic mass is 32.2. The van der Waals surface area contributed by atoms with Gasteiger partial charge in [0, 0.05) is 36.4 Å². The van der Waals surface area contributed by atoms with Crippen LogP contribution in [0.4, 0.5) is 17.1 Å². The molecule has 0 radical (unpaired) electrons. The fourth-order valence-electron chi connectivity index (χ4n) is 3.49. The molecule has 0 saturated carbocycles. The number of anilines is 3. The number of benzene rings is 2. The number of nitrogens with one attached hydrogen (secondary N) is 2. The fourth-order valence-corrected chi connectivity index (χ4v) is 4.54. The second-order valence-corrected chi connectivity index (χ2v) is 8.96. The zero-order chi connectivity index (χ0) is 21.7. The van der Waals surface area contributed by atoms with E-state index in [2.05, 4.69) is 10.0 Å². The van der Waals surface area contributed by atoms with Crippen LogP contribution in [-0.2, 0) is 26.0 Å². The summed E-state index contributed by atoms with van der Waals surface area (Å²) in [4.78, 5) is 25.7. The van der Waals surface area contributed by atoms with Crippen molar-refractivity contribution in [3.05, 3.63) is 48.0 Å². The van der Waals surface area contributed by atoms with Crippen LogP contribution in [0.25, 0.3) is 0 Å². The molecular formula is C22H27N3O4S. The minimum atomic E-state index is -3.77. The quantitative estimate of drug-likeness (QED) is 0.697. The Labute approximate surface area is 177 Å². The van der Waals surface area contributed by atoms with Crippen molar-refractivity contribution in [3.8, 4) is 0 Å². The van der Waals surface area contributed by atoms with Crippen molar-refractivity contribution in [1.82, 2.24) is 0 Å². The van der Waals surface area contributed by atoms with Gasteiger partial charge in [-0.1, -0.05) is 13.8 Å². The zero-order valence-corrected chi connectivity index (χ0v) is 18.1. The molecule has 7 nitrogen and oxygen atoms in total. The summed E-state index contributed by atoms with van der Waals surface area (Å²) >= 11 is 0. The molecule has 2 N–H and O–H groups in total. The van der Waals surface area contributed by atoms with Crippen LogP contribution in [0.2, 0.25) is 0 Å². The second kappa shape index (κ2) is 9.30. The van der Waals surface area contributed by atoms with Gasteiger partial charge in [0.1, 0.15) is 0 Å². The first-order valence-corrected chi connectivity index (χ1v) is 11.7. The number of nitrogens with zero attached hydrogens (tertiary/aromatic N) is 1. The normalized spacial score (nSPS) is 13.5. The van der Waals surface area contributed by atoms with E-state index in [0.29, 0.717) is 30.8 Å². The van der Waals surface area contributed by atoms with Crippen LogP contribution in [-0.4, -0.2) is 26.8 Å². The van der Waals surface area contributed by atoms with Crippen molar-refractivity contribution in [2.75, 3.05) is 21.5 Å². The Hall–Kier alpha value is -2.87. The maximum atomic E-state index is 12.8. The van der Waals surface area contributed by atoms with Crippen molar-refractivity contribution in [2.24, 2.45) is 0 Å². The van der Waals surface area contributed by atoms with E-state index in [-0.39, 0.29) is 16.7 Å². The molecule has 0 aliphatic carbocycles. The summed E-state index contributed by atoms with van der Waals surface area (Å²) in [6.07, 6.45) is 3.24. The molecule has 8 heteroatoms. The minimum Gasteiger partial charge on any atom is -0.326 e. The molecule has 0 fully saturated rings. The van der Waals surface area contributed by atoms with Gasteiger partial charge in [-0.05, 0) is 67.3 Å². The maximum Gasteiger partial charge on any atom is 0.261 e. The molecule has 2 amide bonds. The number of sulfonamides is 1. The van der Waals surface area contributed by atoms with Crippen molar-refractivity contribution in [2.45, 2.75) is 50.8 Å². The Balaban J connectivity index is 1.75. The number of hydrogen-bond acceptors (Lipinski definition) is 4. The molecule has 160 valence electrons. The first-order valence-electron chi connectivity index (χ1n) is 10.2. The highest BCUT2D eigenvalue weighted by molar-refractivity contribution is 7.92. The molecule has 2 aromatic rings. The standard InChI is InChI=1S/C22H27N3O4S/c1-3-6-21(26)23-17-8-11-19(12-9-17)30(28,29)24-18-10-13-20-16(15-18)7-5-14-25(20)22(27)4-2/h8-13,15,24H,3-7,14H2,1-2H3,(H,23,26). The van der Waals surface area contributed by atoms with E-state index in [0.717, 1.165) is 30.5 Å². The van der Waals surface area contributed by atoms with E-state index >= 15 is 0 Å². The summed E-state index contributed by atoms with van der Waals surface area (Å²) in [7, 11) is -3.77. The van der Waals surface area contributed by atoms with Crippen molar-refractivity contribution < 1.29 is 18.0 Å². The van der Waals surface area contributed by atoms with Gasteiger partial charge in [0.2, 0.25) is 11.8 Å². The fraction of sp³-hybridized carbons (Fsp3) is 0.364. The molecule has 0 bridgehead atoms. The lowest BCUT2D eigenvalue weighted by atomic mass is 10.0. The van der Waals surface area contributed by atoms with Gasteiger partial charge in [-0.2, -0.15) is 0 Å². The van der Waals surface area contributed by atoms with Crippen molar-refractivity contribution in [1.29, 1.82) is 0 Å². The van der Waals surface area contributed by atoms with Crippen LogP contribution in [0, 0.1) is 0 Å². The first-order chi connectivity index (χ1) is 14.3. The van der Waals surface area contributed by atoms with E-state index in [4.69, 9.17) is 0 Å². The summed E-state index contributed by atoms with van der Waals surface area (Å²) in [5.74, 6) is -0.0358. The van der Waals surface area contributed by atoms with Crippen LogP contribution in [0.1, 0.15) is 45.1 Å². The van der Waals surface area contributed by atoms with Gasteiger partial charge in [-0.25, -0.2) is 8.42 Å². The van der Waals surface area contributed by atoms with Crippen molar-refractivity contribution >= 4 is 38.9 Å². The van der Waals surface area contributed by atoms with Crippen molar-refractivity contribution in [3.63, 3.8) is 0 Å². The summed E-state index contributed by atoms with van der Waals surface area (Å²) < 4.78 is 28.1. The largest absolute Gasteiger partial charge is 0.326 e. The van der Waals surface area contributed by atoms with E-state index in [1.165, 1.54) is 12.1 Å². The van der Waals surface area contributed by atoms with Gasteiger partial charge in [0.05, 0.1) is 4.90 Å². The summed E-state index contributed by atoms with van der Waals surface area (Å²) in [5, 5.41) is 2.74. The third-order valence-corrected chi connectivity index (χ3v) is 6.38. The lowest BCUT2D eigenvalue weighted by Crippen LogP contribution is -2.34. The lowest BCUT2D eigenvalue weighted by Gasteiger charge is -2.29. The Bertz CT molecular complexity index is 1030. The van der Waals surface area contributed by atoms with Gasteiger partial charge in [-0.15, -0.1) is 0 Å². The number of hydrogen-bond donors (Lipinski definition) is 2. The number of carbonyl (C=O) groups excluding carboxylic acids is 2. The summed E-state index contributed by atoms with van der Waals surface area (Å²) in [5.41, 5.74) is 2.82. The molecule has 0 spiro atoms. The zero-order valence-electron chi connectivity index (χ0n) is 17.3. The topological polar surface area (TPSA) is 95.6 Å². The third-order valence-electron chi connectivity index (χ3n) is 4.98. The van der Waals surface area contributed by atoms with E-state index < -0.39 is 10.0 Å². The minimum absolute atomic E-state index is 0.0652. The molecule has 0 unspecified atom stereocenters. The van der Waals surface area contributed by atoms with E-state index in [1.807, 2.05) is 13.8 Å². The van der Waals surface area contributed by atoms with Crippen LogP contribution >= 0.6 is 0 Å². The Kier molecular flexibility index (Phi) is 6.77. The average Bonchev–Trinajstić information content (AvgIpc) is 2.73. The summed E-state index contributed by atoms with van der Waals surface area (Å²) in [6, 6.07) is 11.3. The molecule has 0 saturated heterocycles. The Morgan fingerprint density at radius 2 is 1.73 bits per heavy atom. The number of amides is 2. The SMILES string of the molecule is CCCC(=O)Nc1ccc(S(=O)(=O)Nc2ccc3c(c2)CCCN3C(=O)CC)cc1. The maximum absolute atomic E-state index is 12.8. The van der Waals surface area contributed by atoms with Gasteiger partial charge in [0.25, 0.3) is 10.0 Å². The Morgan fingerprint density at radius 1 is 1.03 bits per heavy atom. The predicted octanol–water partition coefficient (Wildman–Crippen LogP) is 3.92. The van der Waals surface area contributed by atoms with Crippen LogP contribution < -0.4 is 14.9 Å². The molecule has 0 aromatic heterocycles. The third kappa shape index (κ3) is 4.99. The molecule has 30 heavy (non-hydrogen) atoms. The average molecular weight is 430 g/mol. The summed E-state index contributed by atoms with van der Waals surface area (Å²) in [6.45, 7) is 4.44. The molecule has 0 atom stereocenters. The number of carbonyl (C=O) groups is 2. The molecule has 1 aliphatic heterocycles. The highest BCUT2D eigenvalue weighted by Crippen LogP contribution is 2.31. The molecule has 1 heterocycles. The molecule has 1 aliphatic rings. The second-order valence-electron chi connectivity index (χ2n) is 7.27. The molecular weight excluding hydrogens is 402 g/mol. The van der Waals surface area contributed by atoms with Gasteiger partial charge < -0.3 is 10.2 Å². The van der Waals surface area contributed by atoms with Crippen LogP contribution in [0.3, 0.4) is 0 Å². The smallest absolute Gasteiger partial charge is 0.261 e. The first kappa shape index (κ1) is 21.8. The van der Waals surface area contributed by atoms with Gasteiger partial charge in [-0.3, -0.25) is 14.3 Å².